The minimum Gasteiger partial charge on any atom is -0.496 e. The first kappa shape index (κ1) is 16.6. The predicted octanol–water partition coefficient (Wildman–Crippen LogP) is 3.17. The SMILES string of the molecule is CCC(N)Cc1cc(OC)c(Br)cc1OC.Cl. The van der Waals surface area contributed by atoms with Crippen molar-refractivity contribution in [3.05, 3.63) is 22.2 Å². The molecule has 98 valence electrons. The van der Waals surface area contributed by atoms with Gasteiger partial charge in [0.05, 0.1) is 18.7 Å². The van der Waals surface area contributed by atoms with E-state index in [2.05, 4.69) is 22.9 Å². The first-order chi connectivity index (χ1) is 7.62. The van der Waals surface area contributed by atoms with E-state index in [4.69, 9.17) is 15.2 Å². The largest absolute Gasteiger partial charge is 0.496 e. The summed E-state index contributed by atoms with van der Waals surface area (Å²) in [5.74, 6) is 1.65. The van der Waals surface area contributed by atoms with Crippen molar-refractivity contribution in [3.63, 3.8) is 0 Å². The average molecular weight is 325 g/mol. The zero-order chi connectivity index (χ0) is 12.1. The topological polar surface area (TPSA) is 44.5 Å². The van der Waals surface area contributed by atoms with Crippen LogP contribution in [0.5, 0.6) is 11.5 Å². The highest BCUT2D eigenvalue weighted by atomic mass is 79.9. The van der Waals surface area contributed by atoms with E-state index in [1.54, 1.807) is 14.2 Å². The van der Waals surface area contributed by atoms with Gasteiger partial charge in [-0.1, -0.05) is 6.92 Å². The highest BCUT2D eigenvalue weighted by molar-refractivity contribution is 9.10. The van der Waals surface area contributed by atoms with Crippen LogP contribution in [0.25, 0.3) is 0 Å². The number of nitrogens with two attached hydrogens (primary N) is 1. The van der Waals surface area contributed by atoms with Crippen LogP contribution in [0.1, 0.15) is 18.9 Å². The molecule has 0 spiro atoms. The maximum atomic E-state index is 5.95. The van der Waals surface area contributed by atoms with Crippen LogP contribution in [-0.2, 0) is 6.42 Å². The van der Waals surface area contributed by atoms with Crippen molar-refractivity contribution in [1.29, 1.82) is 0 Å². The number of ether oxygens (including phenoxy) is 2. The second-order valence-corrected chi connectivity index (χ2v) is 4.53. The second-order valence-electron chi connectivity index (χ2n) is 3.67. The fourth-order valence-electron chi connectivity index (χ4n) is 1.51. The van der Waals surface area contributed by atoms with Crippen LogP contribution in [0.3, 0.4) is 0 Å². The van der Waals surface area contributed by atoms with Gasteiger partial charge in [-0.25, -0.2) is 0 Å². The molecule has 0 fully saturated rings. The van der Waals surface area contributed by atoms with Crippen LogP contribution >= 0.6 is 28.3 Å². The van der Waals surface area contributed by atoms with E-state index in [0.717, 1.165) is 34.4 Å². The molecular formula is C12H19BrClNO2. The van der Waals surface area contributed by atoms with Gasteiger partial charge in [0.1, 0.15) is 11.5 Å². The number of halogens is 2. The maximum Gasteiger partial charge on any atom is 0.133 e. The number of methoxy groups -OCH3 is 2. The maximum absolute atomic E-state index is 5.95. The molecule has 0 aromatic heterocycles. The zero-order valence-corrected chi connectivity index (χ0v) is 12.7. The molecule has 0 aliphatic rings. The Bertz CT molecular complexity index is 361. The monoisotopic (exact) mass is 323 g/mol. The molecule has 0 saturated heterocycles. The Hall–Kier alpha value is -0.450. The van der Waals surface area contributed by atoms with Gasteiger partial charge < -0.3 is 15.2 Å². The lowest BCUT2D eigenvalue weighted by atomic mass is 10.0. The molecular weight excluding hydrogens is 305 g/mol. The molecule has 1 aromatic carbocycles. The third-order valence-corrected chi connectivity index (χ3v) is 3.18. The number of rotatable bonds is 5. The molecule has 0 radical (unpaired) electrons. The van der Waals surface area contributed by atoms with Gasteiger partial charge in [0.25, 0.3) is 0 Å². The standard InChI is InChI=1S/C12H18BrNO2.ClH/c1-4-9(14)5-8-6-12(16-3)10(13)7-11(8)15-2;/h6-7,9H,4-5,14H2,1-3H3;1H. The normalized spacial score (nSPS) is 11.6. The summed E-state index contributed by atoms with van der Waals surface area (Å²) in [7, 11) is 3.31. The predicted molar refractivity (Wildman–Crippen MR) is 76.5 cm³/mol. The molecule has 1 unspecified atom stereocenters. The fraction of sp³-hybridized carbons (Fsp3) is 0.500. The van der Waals surface area contributed by atoms with Gasteiger partial charge >= 0.3 is 0 Å². The van der Waals surface area contributed by atoms with E-state index in [1.807, 2.05) is 12.1 Å². The van der Waals surface area contributed by atoms with Gasteiger partial charge in [-0.3, -0.25) is 0 Å². The molecule has 0 amide bonds. The third-order valence-electron chi connectivity index (χ3n) is 2.56. The minimum absolute atomic E-state index is 0. The van der Waals surface area contributed by atoms with Crippen LogP contribution in [0.4, 0.5) is 0 Å². The Labute approximate surface area is 117 Å². The van der Waals surface area contributed by atoms with Gasteiger partial charge in [-0.2, -0.15) is 0 Å². The van der Waals surface area contributed by atoms with Crippen molar-refractivity contribution in [2.45, 2.75) is 25.8 Å². The van der Waals surface area contributed by atoms with Crippen LogP contribution in [0, 0.1) is 0 Å². The first-order valence-corrected chi connectivity index (χ1v) is 6.07. The molecule has 1 rings (SSSR count). The summed E-state index contributed by atoms with van der Waals surface area (Å²) >= 11 is 3.43. The van der Waals surface area contributed by atoms with E-state index < -0.39 is 0 Å². The summed E-state index contributed by atoms with van der Waals surface area (Å²) in [6.45, 7) is 2.08. The fourth-order valence-corrected chi connectivity index (χ4v) is 1.99. The van der Waals surface area contributed by atoms with Crippen LogP contribution in [0.15, 0.2) is 16.6 Å². The Morgan fingerprint density at radius 1 is 1.24 bits per heavy atom. The summed E-state index contributed by atoms with van der Waals surface area (Å²) in [5.41, 5.74) is 7.03. The summed E-state index contributed by atoms with van der Waals surface area (Å²) < 4.78 is 11.5. The molecule has 0 aliphatic heterocycles. The van der Waals surface area contributed by atoms with Crippen molar-refractivity contribution < 1.29 is 9.47 Å². The molecule has 0 heterocycles. The van der Waals surface area contributed by atoms with E-state index >= 15 is 0 Å². The van der Waals surface area contributed by atoms with Gasteiger partial charge in [-0.05, 0) is 46.5 Å². The molecule has 0 bridgehead atoms. The van der Waals surface area contributed by atoms with Crippen LogP contribution in [-0.4, -0.2) is 20.3 Å². The lowest BCUT2D eigenvalue weighted by Crippen LogP contribution is -2.21. The van der Waals surface area contributed by atoms with E-state index in [1.165, 1.54) is 0 Å². The number of benzene rings is 1. The highest BCUT2D eigenvalue weighted by Gasteiger charge is 2.11. The molecule has 17 heavy (non-hydrogen) atoms. The van der Waals surface area contributed by atoms with Gasteiger partial charge in [0.15, 0.2) is 0 Å². The number of hydrogen-bond donors (Lipinski definition) is 1. The Morgan fingerprint density at radius 3 is 2.29 bits per heavy atom. The van der Waals surface area contributed by atoms with Crippen molar-refractivity contribution in [2.24, 2.45) is 5.73 Å². The summed E-state index contributed by atoms with van der Waals surface area (Å²) in [6.07, 6.45) is 1.74. The Morgan fingerprint density at radius 2 is 1.82 bits per heavy atom. The molecule has 0 saturated carbocycles. The lowest BCUT2D eigenvalue weighted by Gasteiger charge is -2.15. The van der Waals surface area contributed by atoms with Gasteiger partial charge in [-0.15, -0.1) is 12.4 Å². The zero-order valence-electron chi connectivity index (χ0n) is 10.3. The molecule has 1 atom stereocenters. The van der Waals surface area contributed by atoms with Crippen molar-refractivity contribution >= 4 is 28.3 Å². The minimum atomic E-state index is 0. The highest BCUT2D eigenvalue weighted by Crippen LogP contribution is 2.33. The molecule has 5 heteroatoms. The molecule has 2 N–H and O–H groups in total. The third kappa shape index (κ3) is 4.37. The summed E-state index contributed by atoms with van der Waals surface area (Å²) in [5, 5.41) is 0. The average Bonchev–Trinajstić information content (AvgIpc) is 2.30. The summed E-state index contributed by atoms with van der Waals surface area (Å²) in [4.78, 5) is 0. The Balaban J connectivity index is 0.00000256. The van der Waals surface area contributed by atoms with E-state index in [-0.39, 0.29) is 18.4 Å². The molecule has 0 aliphatic carbocycles. The molecule has 3 nitrogen and oxygen atoms in total. The van der Waals surface area contributed by atoms with Crippen molar-refractivity contribution in [2.75, 3.05) is 14.2 Å². The second kappa shape index (κ2) is 7.80. The van der Waals surface area contributed by atoms with Gasteiger partial charge in [0, 0.05) is 6.04 Å². The van der Waals surface area contributed by atoms with E-state index in [9.17, 15) is 0 Å². The van der Waals surface area contributed by atoms with Crippen LogP contribution in [0.2, 0.25) is 0 Å². The van der Waals surface area contributed by atoms with Gasteiger partial charge in [0.2, 0.25) is 0 Å². The van der Waals surface area contributed by atoms with Crippen molar-refractivity contribution in [3.8, 4) is 11.5 Å². The lowest BCUT2D eigenvalue weighted by molar-refractivity contribution is 0.395. The number of hydrogen-bond acceptors (Lipinski definition) is 3. The van der Waals surface area contributed by atoms with Crippen LogP contribution < -0.4 is 15.2 Å². The van der Waals surface area contributed by atoms with Crippen molar-refractivity contribution in [1.82, 2.24) is 0 Å². The Kier molecular flexibility index (Phi) is 7.59. The quantitative estimate of drug-likeness (QED) is 0.905. The molecule has 1 aromatic rings. The van der Waals surface area contributed by atoms with E-state index in [0.29, 0.717) is 0 Å². The first-order valence-electron chi connectivity index (χ1n) is 5.28. The smallest absolute Gasteiger partial charge is 0.133 e. The summed E-state index contributed by atoms with van der Waals surface area (Å²) in [6, 6.07) is 4.04.